The van der Waals surface area contributed by atoms with Gasteiger partial charge in [0.1, 0.15) is 5.69 Å². The van der Waals surface area contributed by atoms with Crippen molar-refractivity contribution in [2.75, 3.05) is 5.32 Å². The van der Waals surface area contributed by atoms with Crippen molar-refractivity contribution in [3.8, 4) is 0 Å². The van der Waals surface area contributed by atoms with Crippen LogP contribution in [0.3, 0.4) is 0 Å². The van der Waals surface area contributed by atoms with Gasteiger partial charge in [0.05, 0.1) is 11.9 Å². The van der Waals surface area contributed by atoms with E-state index in [2.05, 4.69) is 26.3 Å². The maximum atomic E-state index is 12.0. The van der Waals surface area contributed by atoms with Crippen molar-refractivity contribution in [2.45, 2.75) is 0 Å². The van der Waals surface area contributed by atoms with Crippen molar-refractivity contribution < 1.29 is 9.59 Å². The number of nitrogens with zero attached hydrogens (tertiary/aromatic N) is 2. The second-order valence-electron chi connectivity index (χ2n) is 3.86. The number of carbonyl (C=O) groups is 2. The van der Waals surface area contributed by atoms with Crippen LogP contribution in [0.5, 0.6) is 0 Å². The highest BCUT2D eigenvalue weighted by atomic mass is 79.9. The number of nitrogens with one attached hydrogen (secondary N) is 1. The van der Waals surface area contributed by atoms with Gasteiger partial charge in [0.15, 0.2) is 0 Å². The van der Waals surface area contributed by atoms with Crippen molar-refractivity contribution >= 4 is 33.4 Å². The molecule has 0 aliphatic carbocycles. The first-order valence-corrected chi connectivity index (χ1v) is 6.17. The second-order valence-corrected chi connectivity index (χ2v) is 4.77. The number of hydrogen-bond acceptors (Lipinski definition) is 3. The first-order chi connectivity index (χ1) is 8.99. The van der Waals surface area contributed by atoms with E-state index in [1.54, 1.807) is 25.2 Å². The van der Waals surface area contributed by atoms with Gasteiger partial charge in [-0.2, -0.15) is 5.10 Å². The molecule has 6 nitrogen and oxygen atoms in total. The number of halogens is 1. The molecule has 3 N–H and O–H groups in total. The zero-order chi connectivity index (χ0) is 14.0. The van der Waals surface area contributed by atoms with E-state index in [0.717, 1.165) is 4.47 Å². The van der Waals surface area contributed by atoms with Gasteiger partial charge < -0.3 is 11.1 Å². The molecule has 2 amide bonds. The Balaban J connectivity index is 2.27. The van der Waals surface area contributed by atoms with Crippen LogP contribution in [0.15, 0.2) is 34.9 Å². The molecule has 0 fully saturated rings. The molecule has 0 atom stereocenters. The quantitative estimate of drug-likeness (QED) is 0.897. The minimum Gasteiger partial charge on any atom is -0.364 e. The fraction of sp³-hybridized carbons (Fsp3) is 0.0833. The Morgan fingerprint density at radius 2 is 2.16 bits per heavy atom. The first-order valence-electron chi connectivity index (χ1n) is 5.37. The van der Waals surface area contributed by atoms with E-state index in [0.29, 0.717) is 11.3 Å². The van der Waals surface area contributed by atoms with E-state index >= 15 is 0 Å². The monoisotopic (exact) mass is 322 g/mol. The highest BCUT2D eigenvalue weighted by Crippen LogP contribution is 2.16. The normalized spacial score (nSPS) is 10.2. The van der Waals surface area contributed by atoms with Crippen molar-refractivity contribution in [1.29, 1.82) is 0 Å². The van der Waals surface area contributed by atoms with Crippen molar-refractivity contribution in [3.63, 3.8) is 0 Å². The molecule has 0 unspecified atom stereocenters. The molecule has 0 saturated heterocycles. The van der Waals surface area contributed by atoms with E-state index in [1.165, 1.54) is 10.9 Å². The molecule has 0 spiro atoms. The predicted molar refractivity (Wildman–Crippen MR) is 73.8 cm³/mol. The predicted octanol–water partition coefficient (Wildman–Crippen LogP) is 1.53. The highest BCUT2D eigenvalue weighted by Gasteiger charge is 2.16. The lowest BCUT2D eigenvalue weighted by Crippen LogP contribution is -2.20. The number of rotatable bonds is 3. The number of hydrogen-bond donors (Lipinski definition) is 2. The van der Waals surface area contributed by atoms with Crippen molar-refractivity contribution in [3.05, 3.63) is 46.2 Å². The molecule has 0 bridgehead atoms. The van der Waals surface area contributed by atoms with E-state index in [9.17, 15) is 9.59 Å². The van der Waals surface area contributed by atoms with Crippen LogP contribution >= 0.6 is 15.9 Å². The number of nitrogens with two attached hydrogens (primary N) is 1. The van der Waals surface area contributed by atoms with E-state index in [4.69, 9.17) is 5.73 Å². The summed E-state index contributed by atoms with van der Waals surface area (Å²) in [5, 5.41) is 6.51. The van der Waals surface area contributed by atoms with Gasteiger partial charge in [0.2, 0.25) is 0 Å². The smallest absolute Gasteiger partial charge is 0.269 e. The first kappa shape index (κ1) is 13.3. The lowest BCUT2D eigenvalue weighted by molar-refractivity contribution is 0.0992. The van der Waals surface area contributed by atoms with Crippen LogP contribution < -0.4 is 11.1 Å². The molecular formula is C12H11BrN4O2. The van der Waals surface area contributed by atoms with Gasteiger partial charge in [-0.05, 0) is 18.2 Å². The molecule has 0 saturated carbocycles. The summed E-state index contributed by atoms with van der Waals surface area (Å²) in [7, 11) is 1.58. The summed E-state index contributed by atoms with van der Waals surface area (Å²) < 4.78 is 2.11. The summed E-state index contributed by atoms with van der Waals surface area (Å²) in [5.74, 6) is -0.985. The minimum atomic E-state index is -0.649. The number of amides is 2. The van der Waals surface area contributed by atoms with Crippen LogP contribution in [-0.4, -0.2) is 21.6 Å². The molecule has 7 heteroatoms. The molecule has 1 aromatic carbocycles. The Kier molecular flexibility index (Phi) is 3.66. The third kappa shape index (κ3) is 2.82. The molecular weight excluding hydrogens is 312 g/mol. The van der Waals surface area contributed by atoms with Crippen molar-refractivity contribution in [1.82, 2.24) is 9.78 Å². The zero-order valence-corrected chi connectivity index (χ0v) is 11.6. The molecule has 19 heavy (non-hydrogen) atoms. The van der Waals surface area contributed by atoms with E-state index < -0.39 is 5.91 Å². The van der Waals surface area contributed by atoms with E-state index in [-0.39, 0.29) is 11.6 Å². The van der Waals surface area contributed by atoms with Gasteiger partial charge in [0, 0.05) is 17.1 Å². The molecule has 2 aromatic rings. The Morgan fingerprint density at radius 1 is 1.42 bits per heavy atom. The summed E-state index contributed by atoms with van der Waals surface area (Å²) in [6.45, 7) is 0. The van der Waals surface area contributed by atoms with Crippen molar-refractivity contribution in [2.24, 2.45) is 12.8 Å². The average molecular weight is 323 g/mol. The van der Waals surface area contributed by atoms with E-state index in [1.807, 2.05) is 6.07 Å². The van der Waals surface area contributed by atoms with Gasteiger partial charge in [-0.25, -0.2) is 0 Å². The molecule has 1 heterocycles. The van der Waals surface area contributed by atoms with Gasteiger partial charge in [-0.1, -0.05) is 22.0 Å². The molecule has 0 radical (unpaired) electrons. The van der Waals surface area contributed by atoms with Gasteiger partial charge in [0.25, 0.3) is 11.8 Å². The second kappa shape index (κ2) is 5.23. The van der Waals surface area contributed by atoms with Crippen LogP contribution in [-0.2, 0) is 7.05 Å². The van der Waals surface area contributed by atoms with Crippen LogP contribution in [0.1, 0.15) is 20.8 Å². The summed E-state index contributed by atoms with van der Waals surface area (Å²) in [6.07, 6.45) is 1.38. The van der Waals surface area contributed by atoms with Crippen LogP contribution in [0.25, 0.3) is 0 Å². The lowest BCUT2D eigenvalue weighted by Gasteiger charge is -2.05. The average Bonchev–Trinajstić information content (AvgIpc) is 2.70. The largest absolute Gasteiger partial charge is 0.364 e. The Labute approximate surface area is 117 Å². The maximum Gasteiger partial charge on any atom is 0.269 e. The number of aryl methyl sites for hydroxylation is 1. The van der Waals surface area contributed by atoms with Crippen LogP contribution in [0.2, 0.25) is 0 Å². The van der Waals surface area contributed by atoms with Gasteiger partial charge >= 0.3 is 0 Å². The molecule has 98 valence electrons. The Hall–Kier alpha value is -2.15. The molecule has 1 aromatic heterocycles. The summed E-state index contributed by atoms with van der Waals surface area (Å²) in [5.41, 5.74) is 6.15. The van der Waals surface area contributed by atoms with Gasteiger partial charge in [-0.15, -0.1) is 0 Å². The number of benzene rings is 1. The minimum absolute atomic E-state index is 0.156. The Morgan fingerprint density at radius 3 is 2.79 bits per heavy atom. The molecule has 0 aliphatic heterocycles. The topological polar surface area (TPSA) is 90.0 Å². The Bertz CT molecular complexity index is 651. The maximum absolute atomic E-state index is 12.0. The standard InChI is InChI=1S/C12H11BrN4O2/c1-17-10(11(14)18)9(6-15-17)16-12(19)7-3-2-4-8(13)5-7/h2-6H,1H3,(H2,14,18)(H,16,19). The third-order valence-electron chi connectivity index (χ3n) is 2.51. The summed E-state index contributed by atoms with van der Waals surface area (Å²) in [6, 6.07) is 6.91. The third-order valence-corrected chi connectivity index (χ3v) is 3.00. The fourth-order valence-electron chi connectivity index (χ4n) is 1.65. The lowest BCUT2D eigenvalue weighted by atomic mass is 10.2. The molecule has 0 aliphatic rings. The zero-order valence-electron chi connectivity index (χ0n) is 10.1. The number of primary amides is 1. The fourth-order valence-corrected chi connectivity index (χ4v) is 2.04. The highest BCUT2D eigenvalue weighted by molar-refractivity contribution is 9.10. The van der Waals surface area contributed by atoms with Crippen LogP contribution in [0.4, 0.5) is 5.69 Å². The number of anilines is 1. The molecule has 2 rings (SSSR count). The van der Waals surface area contributed by atoms with Gasteiger partial charge in [-0.3, -0.25) is 14.3 Å². The number of carbonyl (C=O) groups excluding carboxylic acids is 2. The SMILES string of the molecule is Cn1ncc(NC(=O)c2cccc(Br)c2)c1C(N)=O. The summed E-state index contributed by atoms with van der Waals surface area (Å²) >= 11 is 3.29. The summed E-state index contributed by atoms with van der Waals surface area (Å²) in [4.78, 5) is 23.3. The van der Waals surface area contributed by atoms with Crippen LogP contribution in [0, 0.1) is 0 Å². The number of aromatic nitrogens is 2.